The van der Waals surface area contributed by atoms with Crippen LogP contribution in [0.2, 0.25) is 0 Å². The number of hydrogen-bond donors (Lipinski definition) is 1. The monoisotopic (exact) mass is 307 g/mol. The van der Waals surface area contributed by atoms with Crippen molar-refractivity contribution in [2.75, 3.05) is 20.3 Å². The van der Waals surface area contributed by atoms with Crippen LogP contribution in [0.1, 0.15) is 30.6 Å². The van der Waals surface area contributed by atoms with Gasteiger partial charge in [0, 0.05) is 5.56 Å². The van der Waals surface area contributed by atoms with Crippen LogP contribution in [0.25, 0.3) is 0 Å². The van der Waals surface area contributed by atoms with E-state index < -0.39 is 12.0 Å². The van der Waals surface area contributed by atoms with Crippen LogP contribution in [-0.2, 0) is 9.53 Å². The summed E-state index contributed by atoms with van der Waals surface area (Å²) in [6, 6.07) is 4.30. The van der Waals surface area contributed by atoms with Gasteiger partial charge in [0.05, 0.1) is 7.11 Å². The van der Waals surface area contributed by atoms with E-state index in [4.69, 9.17) is 14.2 Å². The molecule has 0 saturated carbocycles. The molecule has 2 rings (SSSR count). The molecular formula is C16H21NO5. The first-order valence-corrected chi connectivity index (χ1v) is 7.29. The van der Waals surface area contributed by atoms with Crippen LogP contribution in [0.15, 0.2) is 18.2 Å². The SMILES string of the molecule is COC(=O)[C@@H](CC(C)C)NC(=O)c1ccc2c(c1)OCCO2. The first-order chi connectivity index (χ1) is 10.5. The van der Waals surface area contributed by atoms with E-state index in [0.29, 0.717) is 36.7 Å². The van der Waals surface area contributed by atoms with Gasteiger partial charge in [0.2, 0.25) is 0 Å². The Bertz CT molecular complexity index is 555. The third-order valence-corrected chi connectivity index (χ3v) is 3.30. The van der Waals surface area contributed by atoms with Gasteiger partial charge in [0.1, 0.15) is 19.3 Å². The molecule has 1 N–H and O–H groups in total. The van der Waals surface area contributed by atoms with E-state index >= 15 is 0 Å². The summed E-state index contributed by atoms with van der Waals surface area (Å²) in [7, 11) is 1.31. The first-order valence-electron chi connectivity index (χ1n) is 7.29. The van der Waals surface area contributed by atoms with Crippen molar-refractivity contribution in [1.29, 1.82) is 0 Å². The molecule has 0 spiro atoms. The number of methoxy groups -OCH3 is 1. The van der Waals surface area contributed by atoms with Crippen LogP contribution in [0, 0.1) is 5.92 Å². The zero-order chi connectivity index (χ0) is 16.1. The number of fused-ring (bicyclic) bond motifs is 1. The Hall–Kier alpha value is -2.24. The van der Waals surface area contributed by atoms with Crippen molar-refractivity contribution in [2.45, 2.75) is 26.3 Å². The van der Waals surface area contributed by atoms with Crippen LogP contribution in [0.3, 0.4) is 0 Å². The summed E-state index contributed by atoms with van der Waals surface area (Å²) in [5.74, 6) is 0.629. The highest BCUT2D eigenvalue weighted by Crippen LogP contribution is 2.30. The molecule has 0 saturated heterocycles. The third kappa shape index (κ3) is 3.90. The van der Waals surface area contributed by atoms with E-state index in [2.05, 4.69) is 5.32 Å². The van der Waals surface area contributed by atoms with Gasteiger partial charge in [-0.15, -0.1) is 0 Å². The van der Waals surface area contributed by atoms with E-state index in [0.717, 1.165) is 0 Å². The fourth-order valence-electron chi connectivity index (χ4n) is 2.25. The van der Waals surface area contributed by atoms with Crippen LogP contribution in [0.5, 0.6) is 11.5 Å². The molecular weight excluding hydrogens is 286 g/mol. The lowest BCUT2D eigenvalue weighted by atomic mass is 10.0. The fourth-order valence-corrected chi connectivity index (χ4v) is 2.25. The Morgan fingerprint density at radius 3 is 2.55 bits per heavy atom. The maximum Gasteiger partial charge on any atom is 0.328 e. The van der Waals surface area contributed by atoms with E-state index in [1.54, 1.807) is 18.2 Å². The number of amides is 1. The van der Waals surface area contributed by atoms with Crippen LogP contribution in [-0.4, -0.2) is 38.2 Å². The average molecular weight is 307 g/mol. The Morgan fingerprint density at radius 2 is 1.91 bits per heavy atom. The zero-order valence-electron chi connectivity index (χ0n) is 13.0. The molecule has 0 fully saturated rings. The van der Waals surface area contributed by atoms with Crippen molar-refractivity contribution in [3.63, 3.8) is 0 Å². The average Bonchev–Trinajstić information content (AvgIpc) is 2.52. The lowest BCUT2D eigenvalue weighted by Crippen LogP contribution is -2.42. The van der Waals surface area contributed by atoms with Crippen LogP contribution >= 0.6 is 0 Å². The quantitative estimate of drug-likeness (QED) is 0.839. The minimum Gasteiger partial charge on any atom is -0.486 e. The molecule has 1 aromatic rings. The number of ether oxygens (including phenoxy) is 3. The maximum atomic E-state index is 12.3. The van der Waals surface area contributed by atoms with E-state index in [9.17, 15) is 9.59 Å². The summed E-state index contributed by atoms with van der Waals surface area (Å²) in [5.41, 5.74) is 0.418. The van der Waals surface area contributed by atoms with Gasteiger partial charge < -0.3 is 19.5 Å². The smallest absolute Gasteiger partial charge is 0.328 e. The predicted octanol–water partition coefficient (Wildman–Crippen LogP) is 1.78. The molecule has 1 atom stereocenters. The minimum absolute atomic E-state index is 0.254. The summed E-state index contributed by atoms with van der Waals surface area (Å²) in [4.78, 5) is 24.1. The Kier molecular flexibility index (Phi) is 5.25. The molecule has 0 bridgehead atoms. The number of esters is 1. The standard InChI is InChI=1S/C16H21NO5/c1-10(2)8-12(16(19)20-3)17-15(18)11-4-5-13-14(9-11)22-7-6-21-13/h4-5,9-10,12H,6-8H2,1-3H3,(H,17,18)/t12-/m1/s1. The van der Waals surface area contributed by atoms with Crippen molar-refractivity contribution in [2.24, 2.45) is 5.92 Å². The topological polar surface area (TPSA) is 73.9 Å². The number of rotatable bonds is 5. The zero-order valence-corrected chi connectivity index (χ0v) is 13.0. The normalized spacial score (nSPS) is 14.4. The van der Waals surface area contributed by atoms with Crippen molar-refractivity contribution < 1.29 is 23.8 Å². The van der Waals surface area contributed by atoms with Gasteiger partial charge in [-0.2, -0.15) is 0 Å². The number of benzene rings is 1. The maximum absolute atomic E-state index is 12.3. The van der Waals surface area contributed by atoms with Gasteiger partial charge in [-0.1, -0.05) is 13.8 Å². The fraction of sp³-hybridized carbons (Fsp3) is 0.500. The summed E-state index contributed by atoms with van der Waals surface area (Å²) < 4.78 is 15.6. The summed E-state index contributed by atoms with van der Waals surface area (Å²) in [5, 5.41) is 2.71. The first kappa shape index (κ1) is 16.1. The van der Waals surface area contributed by atoms with E-state index in [1.165, 1.54) is 7.11 Å². The Balaban J connectivity index is 2.11. The highest BCUT2D eigenvalue weighted by Gasteiger charge is 2.24. The lowest BCUT2D eigenvalue weighted by molar-refractivity contribution is -0.143. The Morgan fingerprint density at radius 1 is 1.23 bits per heavy atom. The summed E-state index contributed by atoms with van der Waals surface area (Å²) >= 11 is 0. The number of hydrogen-bond acceptors (Lipinski definition) is 5. The number of nitrogens with one attached hydrogen (secondary N) is 1. The molecule has 1 aliphatic rings. The van der Waals surface area contributed by atoms with Crippen LogP contribution < -0.4 is 14.8 Å². The molecule has 6 heteroatoms. The number of carbonyl (C=O) groups excluding carboxylic acids is 2. The van der Waals surface area contributed by atoms with Gasteiger partial charge in [-0.05, 0) is 30.5 Å². The van der Waals surface area contributed by atoms with Gasteiger partial charge in [0.15, 0.2) is 11.5 Å². The van der Waals surface area contributed by atoms with Crippen molar-refractivity contribution in [1.82, 2.24) is 5.32 Å². The van der Waals surface area contributed by atoms with Crippen molar-refractivity contribution in [3.05, 3.63) is 23.8 Å². The van der Waals surface area contributed by atoms with Crippen molar-refractivity contribution in [3.8, 4) is 11.5 Å². The van der Waals surface area contributed by atoms with Gasteiger partial charge in [-0.3, -0.25) is 4.79 Å². The highest BCUT2D eigenvalue weighted by atomic mass is 16.6. The largest absolute Gasteiger partial charge is 0.486 e. The summed E-state index contributed by atoms with van der Waals surface area (Å²) in [6.45, 7) is 4.91. The highest BCUT2D eigenvalue weighted by molar-refractivity contribution is 5.97. The van der Waals surface area contributed by atoms with Gasteiger partial charge in [0.25, 0.3) is 5.91 Å². The van der Waals surface area contributed by atoms with Gasteiger partial charge in [-0.25, -0.2) is 4.79 Å². The van der Waals surface area contributed by atoms with Crippen molar-refractivity contribution >= 4 is 11.9 Å². The predicted molar refractivity (Wildman–Crippen MR) is 80.2 cm³/mol. The van der Waals surface area contributed by atoms with Crippen LogP contribution in [0.4, 0.5) is 0 Å². The van der Waals surface area contributed by atoms with E-state index in [-0.39, 0.29) is 11.8 Å². The molecule has 1 amide bonds. The molecule has 0 unspecified atom stereocenters. The molecule has 1 aliphatic heterocycles. The Labute approximate surface area is 129 Å². The third-order valence-electron chi connectivity index (χ3n) is 3.30. The molecule has 1 heterocycles. The van der Waals surface area contributed by atoms with Gasteiger partial charge >= 0.3 is 5.97 Å². The molecule has 1 aromatic carbocycles. The second-order valence-electron chi connectivity index (χ2n) is 5.54. The molecule has 0 aromatic heterocycles. The molecule has 6 nitrogen and oxygen atoms in total. The molecule has 120 valence electrons. The molecule has 0 aliphatic carbocycles. The van der Waals surface area contributed by atoms with E-state index in [1.807, 2.05) is 13.8 Å². The minimum atomic E-state index is -0.661. The second kappa shape index (κ2) is 7.15. The lowest BCUT2D eigenvalue weighted by Gasteiger charge is -2.20. The summed E-state index contributed by atoms with van der Waals surface area (Å²) in [6.07, 6.45) is 0.517. The second-order valence-corrected chi connectivity index (χ2v) is 5.54. The molecule has 0 radical (unpaired) electrons. The number of carbonyl (C=O) groups is 2. The molecule has 22 heavy (non-hydrogen) atoms.